The summed E-state index contributed by atoms with van der Waals surface area (Å²) in [6.07, 6.45) is 3.80. The van der Waals surface area contributed by atoms with E-state index in [1.807, 2.05) is 0 Å². The molecule has 0 atom stereocenters. The Morgan fingerprint density at radius 1 is 0.848 bits per heavy atom. The van der Waals surface area contributed by atoms with E-state index in [1.165, 1.54) is 58.8 Å². The van der Waals surface area contributed by atoms with E-state index in [4.69, 9.17) is 4.74 Å². The third-order valence-corrected chi connectivity index (χ3v) is 9.18. The molecule has 0 saturated carbocycles. The second-order valence-electron chi connectivity index (χ2n) is 8.08. The number of sulfonamides is 2. The van der Waals surface area contributed by atoms with E-state index in [9.17, 15) is 21.6 Å². The average Bonchev–Trinajstić information content (AvgIpc) is 3.25. The lowest BCUT2D eigenvalue weighted by atomic mass is 10.2. The van der Waals surface area contributed by atoms with Gasteiger partial charge >= 0.3 is 0 Å². The van der Waals surface area contributed by atoms with Gasteiger partial charge in [-0.1, -0.05) is 6.42 Å². The van der Waals surface area contributed by atoms with Crippen LogP contribution in [0.5, 0.6) is 5.75 Å². The highest BCUT2D eigenvalue weighted by atomic mass is 32.2. The highest BCUT2D eigenvalue weighted by molar-refractivity contribution is 7.92. The Bertz CT molecular complexity index is 1240. The van der Waals surface area contributed by atoms with Gasteiger partial charge in [0.05, 0.1) is 22.6 Å². The maximum Gasteiger partial charge on any atom is 0.261 e. The largest absolute Gasteiger partial charge is 0.495 e. The maximum absolute atomic E-state index is 13.0. The van der Waals surface area contributed by atoms with Gasteiger partial charge in [-0.25, -0.2) is 16.8 Å². The van der Waals surface area contributed by atoms with Crippen LogP contribution in [-0.4, -0.2) is 53.8 Å². The third-order valence-electron chi connectivity index (χ3n) is 5.88. The molecular formula is C22H27N3O6S2. The number of hydrogen-bond acceptors (Lipinski definition) is 6. The van der Waals surface area contributed by atoms with E-state index in [2.05, 4.69) is 4.72 Å². The fourth-order valence-electron chi connectivity index (χ4n) is 4.11. The summed E-state index contributed by atoms with van der Waals surface area (Å²) in [5.41, 5.74) is 0.646. The molecule has 2 heterocycles. The number of carbonyl (C=O) groups is 1. The van der Waals surface area contributed by atoms with Crippen LogP contribution >= 0.6 is 0 Å². The zero-order chi connectivity index (χ0) is 23.6. The fourth-order valence-corrected chi connectivity index (χ4v) is 6.71. The number of rotatable bonds is 7. The molecule has 1 amide bonds. The number of methoxy groups -OCH3 is 1. The van der Waals surface area contributed by atoms with Crippen molar-refractivity contribution in [2.75, 3.05) is 36.4 Å². The summed E-state index contributed by atoms with van der Waals surface area (Å²) >= 11 is 0. The first-order valence-corrected chi connectivity index (χ1v) is 13.8. The lowest BCUT2D eigenvalue weighted by molar-refractivity contribution is -0.117. The summed E-state index contributed by atoms with van der Waals surface area (Å²) in [7, 11) is -6.11. The molecule has 0 aliphatic carbocycles. The number of ether oxygens (including phenoxy) is 1. The Morgan fingerprint density at radius 3 is 2.12 bits per heavy atom. The average molecular weight is 494 g/mol. The monoisotopic (exact) mass is 493 g/mol. The Hall–Kier alpha value is -2.63. The van der Waals surface area contributed by atoms with Crippen molar-refractivity contribution in [3.63, 3.8) is 0 Å². The van der Waals surface area contributed by atoms with Crippen LogP contribution in [0.25, 0.3) is 0 Å². The molecule has 178 valence electrons. The van der Waals surface area contributed by atoms with Crippen molar-refractivity contribution in [1.82, 2.24) is 4.31 Å². The van der Waals surface area contributed by atoms with E-state index < -0.39 is 20.0 Å². The van der Waals surface area contributed by atoms with Crippen molar-refractivity contribution in [2.45, 2.75) is 41.9 Å². The van der Waals surface area contributed by atoms with Gasteiger partial charge in [-0.3, -0.25) is 9.52 Å². The van der Waals surface area contributed by atoms with Crippen molar-refractivity contribution >= 4 is 37.3 Å². The van der Waals surface area contributed by atoms with E-state index in [1.54, 1.807) is 0 Å². The molecule has 4 rings (SSSR count). The molecule has 0 bridgehead atoms. The summed E-state index contributed by atoms with van der Waals surface area (Å²) < 4.78 is 60.9. The molecular weight excluding hydrogens is 466 g/mol. The predicted molar refractivity (Wildman–Crippen MR) is 124 cm³/mol. The Kier molecular flexibility index (Phi) is 6.64. The van der Waals surface area contributed by atoms with Crippen LogP contribution < -0.4 is 14.4 Å². The Morgan fingerprint density at radius 2 is 1.52 bits per heavy atom. The van der Waals surface area contributed by atoms with Gasteiger partial charge in [0.2, 0.25) is 15.9 Å². The number of benzene rings is 2. The van der Waals surface area contributed by atoms with Crippen LogP contribution in [0.15, 0.2) is 52.3 Å². The molecule has 33 heavy (non-hydrogen) atoms. The van der Waals surface area contributed by atoms with Crippen molar-refractivity contribution in [3.05, 3.63) is 42.5 Å². The second-order valence-corrected chi connectivity index (χ2v) is 11.7. The van der Waals surface area contributed by atoms with Gasteiger partial charge in [0.1, 0.15) is 5.75 Å². The third kappa shape index (κ3) is 4.85. The minimum atomic E-state index is -3.98. The molecule has 2 fully saturated rings. The molecule has 2 aliphatic heterocycles. The van der Waals surface area contributed by atoms with Gasteiger partial charge in [-0.15, -0.1) is 0 Å². The van der Waals surface area contributed by atoms with E-state index in [0.717, 1.165) is 19.3 Å². The second kappa shape index (κ2) is 9.32. The van der Waals surface area contributed by atoms with Crippen LogP contribution in [0.4, 0.5) is 11.4 Å². The van der Waals surface area contributed by atoms with Crippen LogP contribution in [0.2, 0.25) is 0 Å². The molecule has 9 nitrogen and oxygen atoms in total. The molecule has 1 N–H and O–H groups in total. The van der Waals surface area contributed by atoms with Gasteiger partial charge in [0.25, 0.3) is 10.0 Å². The minimum absolute atomic E-state index is 0.0250. The number of carbonyl (C=O) groups excluding carboxylic acids is 1. The minimum Gasteiger partial charge on any atom is -0.495 e. The quantitative estimate of drug-likeness (QED) is 0.635. The Labute approximate surface area is 194 Å². The van der Waals surface area contributed by atoms with Crippen molar-refractivity contribution in [1.29, 1.82) is 0 Å². The van der Waals surface area contributed by atoms with Gasteiger partial charge in [-0.2, -0.15) is 4.31 Å². The smallest absolute Gasteiger partial charge is 0.261 e. The first-order valence-electron chi connectivity index (χ1n) is 10.8. The highest BCUT2D eigenvalue weighted by Gasteiger charge is 2.28. The fraction of sp³-hybridized carbons (Fsp3) is 0.409. The number of amides is 1. The zero-order valence-electron chi connectivity index (χ0n) is 18.4. The maximum atomic E-state index is 13.0. The number of anilines is 2. The van der Waals surface area contributed by atoms with Crippen LogP contribution in [0, 0.1) is 0 Å². The summed E-state index contributed by atoms with van der Waals surface area (Å²) in [5.74, 6) is 0.331. The summed E-state index contributed by atoms with van der Waals surface area (Å²) in [6, 6.07) is 10.0. The molecule has 2 aliphatic rings. The molecule has 2 saturated heterocycles. The molecule has 0 spiro atoms. The lowest BCUT2D eigenvalue weighted by Gasteiger charge is -2.25. The number of nitrogens with zero attached hydrogens (tertiary/aromatic N) is 2. The van der Waals surface area contributed by atoms with Crippen molar-refractivity contribution in [3.8, 4) is 5.75 Å². The first kappa shape index (κ1) is 23.5. The number of hydrogen-bond donors (Lipinski definition) is 1. The predicted octanol–water partition coefficient (Wildman–Crippen LogP) is 2.80. The number of nitrogens with one attached hydrogen (secondary N) is 1. The van der Waals surface area contributed by atoms with E-state index in [0.29, 0.717) is 43.9 Å². The highest BCUT2D eigenvalue weighted by Crippen LogP contribution is 2.34. The van der Waals surface area contributed by atoms with E-state index >= 15 is 0 Å². The lowest BCUT2D eigenvalue weighted by Crippen LogP contribution is -2.35. The summed E-state index contributed by atoms with van der Waals surface area (Å²) in [6.45, 7) is 1.49. The number of piperidine rings is 1. The molecule has 11 heteroatoms. The normalized spacial score (nSPS) is 17.8. The molecule has 0 radical (unpaired) electrons. The molecule has 0 aromatic heterocycles. The molecule has 2 aromatic rings. The summed E-state index contributed by atoms with van der Waals surface area (Å²) in [4.78, 5) is 13.8. The molecule has 2 aromatic carbocycles. The van der Waals surface area contributed by atoms with E-state index in [-0.39, 0.29) is 21.4 Å². The van der Waals surface area contributed by atoms with Gasteiger partial charge in [0, 0.05) is 31.7 Å². The van der Waals surface area contributed by atoms with Crippen molar-refractivity contribution in [2.24, 2.45) is 0 Å². The van der Waals surface area contributed by atoms with Crippen molar-refractivity contribution < 1.29 is 26.4 Å². The van der Waals surface area contributed by atoms with Gasteiger partial charge < -0.3 is 9.64 Å². The van der Waals surface area contributed by atoms with Gasteiger partial charge in [-0.05, 0) is 61.7 Å². The topological polar surface area (TPSA) is 113 Å². The summed E-state index contributed by atoms with van der Waals surface area (Å²) in [5, 5.41) is 0. The SMILES string of the molecule is COc1ccc(S(=O)(=O)Nc2ccc(S(=O)(=O)N3CCCCC3)cc2)cc1N1CCCC1=O. The standard InChI is InChI=1S/C22H27N3O6S2/c1-31-21-12-11-19(16-20(21)25-15-5-6-22(25)26)32(27,28)23-17-7-9-18(10-8-17)33(29,30)24-13-3-2-4-14-24/h7-12,16,23H,2-6,13-15H2,1H3. The van der Waals surface area contributed by atoms with Gasteiger partial charge in [0.15, 0.2) is 0 Å². The van der Waals surface area contributed by atoms with Crippen LogP contribution in [0.3, 0.4) is 0 Å². The van der Waals surface area contributed by atoms with Crippen LogP contribution in [-0.2, 0) is 24.8 Å². The zero-order valence-corrected chi connectivity index (χ0v) is 20.0. The Balaban J connectivity index is 1.56. The van der Waals surface area contributed by atoms with Crippen LogP contribution in [0.1, 0.15) is 32.1 Å². The first-order chi connectivity index (χ1) is 15.7. The molecule has 0 unspecified atom stereocenters.